The third kappa shape index (κ3) is 2.58. The number of carbonyl (C=O) groups is 2. The first-order valence-corrected chi connectivity index (χ1v) is 6.51. The zero-order chi connectivity index (χ0) is 14.8. The Hall–Kier alpha value is -2.82. The van der Waals surface area contributed by atoms with E-state index in [1.165, 1.54) is 24.3 Å². The Morgan fingerprint density at radius 3 is 2.43 bits per heavy atom. The number of para-hydroxylation sites is 1. The van der Waals surface area contributed by atoms with E-state index in [0.717, 1.165) is 11.3 Å². The molecule has 1 aliphatic rings. The van der Waals surface area contributed by atoms with E-state index in [1.54, 1.807) is 0 Å². The van der Waals surface area contributed by atoms with E-state index < -0.39 is 5.97 Å². The van der Waals surface area contributed by atoms with Crippen LogP contribution in [-0.4, -0.2) is 23.6 Å². The highest BCUT2D eigenvalue weighted by atomic mass is 16.5. The first-order valence-electron chi connectivity index (χ1n) is 6.51. The zero-order valence-electron chi connectivity index (χ0n) is 11.1. The van der Waals surface area contributed by atoms with Gasteiger partial charge in [0, 0.05) is 11.1 Å². The quantitative estimate of drug-likeness (QED) is 0.906. The number of hydrogen-bond acceptors (Lipinski definition) is 3. The molecule has 1 atom stereocenters. The van der Waals surface area contributed by atoms with E-state index in [9.17, 15) is 9.59 Å². The molecular weight excluding hydrogens is 270 g/mol. The van der Waals surface area contributed by atoms with Gasteiger partial charge in [-0.2, -0.15) is 0 Å². The summed E-state index contributed by atoms with van der Waals surface area (Å²) in [6.45, 7) is 0.401. The number of aromatic carboxylic acids is 1. The molecule has 0 aliphatic carbocycles. The highest BCUT2D eigenvalue weighted by Crippen LogP contribution is 2.31. The van der Waals surface area contributed by atoms with Crippen molar-refractivity contribution in [3.8, 4) is 5.75 Å². The molecule has 2 N–H and O–H groups in total. The highest BCUT2D eigenvalue weighted by molar-refractivity contribution is 5.96. The van der Waals surface area contributed by atoms with E-state index in [-0.39, 0.29) is 17.5 Å². The molecule has 0 spiro atoms. The summed E-state index contributed by atoms with van der Waals surface area (Å²) in [4.78, 5) is 23.0. The van der Waals surface area contributed by atoms with Crippen molar-refractivity contribution in [2.24, 2.45) is 0 Å². The van der Waals surface area contributed by atoms with Gasteiger partial charge < -0.3 is 15.2 Å². The second-order valence-electron chi connectivity index (χ2n) is 4.76. The van der Waals surface area contributed by atoms with Crippen molar-refractivity contribution in [1.82, 2.24) is 5.32 Å². The number of rotatable bonds is 3. The van der Waals surface area contributed by atoms with E-state index in [2.05, 4.69) is 5.32 Å². The van der Waals surface area contributed by atoms with Crippen LogP contribution in [0, 0.1) is 0 Å². The van der Waals surface area contributed by atoms with Gasteiger partial charge in [0.15, 0.2) is 0 Å². The molecule has 0 saturated carbocycles. The normalized spacial score (nSPS) is 15.9. The number of carbonyl (C=O) groups excluding carboxylic acids is 1. The van der Waals surface area contributed by atoms with Gasteiger partial charge in [0.05, 0.1) is 11.6 Å². The maximum atomic E-state index is 12.2. The number of fused-ring (bicyclic) bond motifs is 1. The van der Waals surface area contributed by atoms with Gasteiger partial charge in [-0.3, -0.25) is 4.79 Å². The van der Waals surface area contributed by atoms with Crippen LogP contribution < -0.4 is 10.1 Å². The summed E-state index contributed by atoms with van der Waals surface area (Å²) in [6, 6.07) is 13.2. The Morgan fingerprint density at radius 1 is 1.05 bits per heavy atom. The summed E-state index contributed by atoms with van der Waals surface area (Å²) in [7, 11) is 0. The molecule has 0 aromatic heterocycles. The summed E-state index contributed by atoms with van der Waals surface area (Å²) in [6.07, 6.45) is 0. The molecule has 0 fully saturated rings. The Bertz CT molecular complexity index is 694. The molecular formula is C16H13NO4. The van der Waals surface area contributed by atoms with E-state index in [1.807, 2.05) is 24.3 Å². The minimum Gasteiger partial charge on any atom is -0.491 e. The fourth-order valence-electron chi connectivity index (χ4n) is 2.29. The number of carboxylic acids is 1. The zero-order valence-corrected chi connectivity index (χ0v) is 11.1. The molecule has 5 nitrogen and oxygen atoms in total. The van der Waals surface area contributed by atoms with Crippen molar-refractivity contribution >= 4 is 11.9 Å². The molecule has 3 rings (SSSR count). The van der Waals surface area contributed by atoms with Crippen LogP contribution in [-0.2, 0) is 0 Å². The summed E-state index contributed by atoms with van der Waals surface area (Å²) < 4.78 is 5.51. The van der Waals surface area contributed by atoms with Crippen LogP contribution in [0.3, 0.4) is 0 Å². The SMILES string of the molecule is O=C(O)c1ccc(C(=O)N[C@H]2COc3ccccc32)cc1. The van der Waals surface area contributed by atoms with Crippen molar-refractivity contribution in [1.29, 1.82) is 0 Å². The molecule has 0 radical (unpaired) electrons. The van der Waals surface area contributed by atoms with Crippen LogP contribution in [0.15, 0.2) is 48.5 Å². The Balaban J connectivity index is 1.74. The summed E-state index contributed by atoms with van der Waals surface area (Å²) in [5, 5.41) is 11.7. The second-order valence-corrected chi connectivity index (χ2v) is 4.76. The first kappa shape index (κ1) is 13.2. The molecule has 1 heterocycles. The van der Waals surface area contributed by atoms with Crippen molar-refractivity contribution in [3.63, 3.8) is 0 Å². The number of ether oxygens (including phenoxy) is 1. The molecule has 2 aromatic carbocycles. The van der Waals surface area contributed by atoms with Crippen LogP contribution in [0.5, 0.6) is 5.75 Å². The minimum atomic E-state index is -1.01. The van der Waals surface area contributed by atoms with E-state index >= 15 is 0 Å². The molecule has 1 amide bonds. The largest absolute Gasteiger partial charge is 0.491 e. The van der Waals surface area contributed by atoms with Crippen LogP contribution in [0.1, 0.15) is 32.3 Å². The lowest BCUT2D eigenvalue weighted by Crippen LogP contribution is -2.29. The summed E-state index contributed by atoms with van der Waals surface area (Å²) in [5.74, 6) is -0.485. The fraction of sp³-hybridized carbons (Fsp3) is 0.125. The highest BCUT2D eigenvalue weighted by Gasteiger charge is 2.25. The van der Waals surface area contributed by atoms with Crippen molar-refractivity contribution in [2.45, 2.75) is 6.04 Å². The van der Waals surface area contributed by atoms with E-state index in [0.29, 0.717) is 12.2 Å². The molecule has 2 aromatic rings. The maximum absolute atomic E-state index is 12.2. The Morgan fingerprint density at radius 2 is 1.71 bits per heavy atom. The van der Waals surface area contributed by atoms with Gasteiger partial charge in [-0.15, -0.1) is 0 Å². The average Bonchev–Trinajstić information content (AvgIpc) is 2.91. The monoisotopic (exact) mass is 283 g/mol. The third-order valence-electron chi connectivity index (χ3n) is 3.40. The molecule has 5 heteroatoms. The molecule has 0 bridgehead atoms. The van der Waals surface area contributed by atoms with Crippen molar-refractivity contribution < 1.29 is 19.4 Å². The van der Waals surface area contributed by atoms with Gasteiger partial charge in [0.25, 0.3) is 5.91 Å². The van der Waals surface area contributed by atoms with Gasteiger partial charge in [-0.05, 0) is 30.3 Å². The fourth-order valence-corrected chi connectivity index (χ4v) is 2.29. The van der Waals surface area contributed by atoms with Gasteiger partial charge in [0.1, 0.15) is 12.4 Å². The third-order valence-corrected chi connectivity index (χ3v) is 3.40. The number of nitrogens with one attached hydrogen (secondary N) is 1. The number of hydrogen-bond donors (Lipinski definition) is 2. The van der Waals surface area contributed by atoms with Gasteiger partial charge in [0.2, 0.25) is 0 Å². The smallest absolute Gasteiger partial charge is 0.335 e. The van der Waals surface area contributed by atoms with Crippen molar-refractivity contribution in [3.05, 3.63) is 65.2 Å². The number of amides is 1. The Kier molecular flexibility index (Phi) is 3.31. The molecule has 21 heavy (non-hydrogen) atoms. The summed E-state index contributed by atoms with van der Waals surface area (Å²) in [5.41, 5.74) is 1.53. The van der Waals surface area contributed by atoms with E-state index in [4.69, 9.17) is 9.84 Å². The van der Waals surface area contributed by atoms with Gasteiger partial charge >= 0.3 is 5.97 Å². The summed E-state index contributed by atoms with van der Waals surface area (Å²) >= 11 is 0. The Labute approximate surface area is 121 Å². The topological polar surface area (TPSA) is 75.6 Å². The minimum absolute atomic E-state index is 0.154. The first-order chi connectivity index (χ1) is 10.1. The lowest BCUT2D eigenvalue weighted by molar-refractivity contribution is 0.0696. The van der Waals surface area contributed by atoms with Gasteiger partial charge in [-0.1, -0.05) is 18.2 Å². The molecule has 1 aliphatic heterocycles. The lowest BCUT2D eigenvalue weighted by Gasteiger charge is -2.11. The molecule has 0 unspecified atom stereocenters. The van der Waals surface area contributed by atoms with Crippen LogP contribution in [0.2, 0.25) is 0 Å². The number of benzene rings is 2. The predicted octanol–water partition coefficient (Wildman–Crippen LogP) is 2.25. The lowest BCUT2D eigenvalue weighted by atomic mass is 10.1. The van der Waals surface area contributed by atoms with Crippen LogP contribution in [0.25, 0.3) is 0 Å². The maximum Gasteiger partial charge on any atom is 0.335 e. The van der Waals surface area contributed by atoms with Crippen molar-refractivity contribution in [2.75, 3.05) is 6.61 Å². The van der Waals surface area contributed by atoms with Gasteiger partial charge in [-0.25, -0.2) is 4.79 Å². The van der Waals surface area contributed by atoms with Crippen LogP contribution >= 0.6 is 0 Å². The second kappa shape index (κ2) is 5.28. The average molecular weight is 283 g/mol. The molecule has 106 valence electrons. The number of carboxylic acid groups (broad SMARTS) is 1. The van der Waals surface area contributed by atoms with Crippen LogP contribution in [0.4, 0.5) is 0 Å². The standard InChI is InChI=1S/C16H13NO4/c18-15(10-5-7-11(8-6-10)16(19)20)17-13-9-21-14-4-2-1-3-12(13)14/h1-8,13H,9H2,(H,17,18)(H,19,20)/t13-/m0/s1. The molecule has 0 saturated heterocycles. The predicted molar refractivity (Wildman–Crippen MR) is 75.5 cm³/mol.